The highest BCUT2D eigenvalue weighted by atomic mass is 16.6. The molecular weight excluding hydrogens is 176 g/mol. The van der Waals surface area contributed by atoms with E-state index in [-0.39, 0.29) is 18.8 Å². The van der Waals surface area contributed by atoms with E-state index in [4.69, 9.17) is 9.84 Å². The number of ether oxygens (including phenoxy) is 1. The van der Waals surface area contributed by atoms with Gasteiger partial charge in [-0.05, 0) is 6.42 Å². The summed E-state index contributed by atoms with van der Waals surface area (Å²) in [5.41, 5.74) is 0. The van der Waals surface area contributed by atoms with E-state index in [0.29, 0.717) is 0 Å². The predicted molar refractivity (Wildman–Crippen MR) is 56.9 cm³/mol. The lowest BCUT2D eigenvalue weighted by Gasteiger charge is -1.91. The summed E-state index contributed by atoms with van der Waals surface area (Å²) in [5, 5.41) is 8.63. The van der Waals surface area contributed by atoms with Crippen molar-refractivity contribution in [1.29, 1.82) is 0 Å². The van der Waals surface area contributed by atoms with Gasteiger partial charge in [-0.15, -0.1) is 5.92 Å². The van der Waals surface area contributed by atoms with E-state index in [1.54, 1.807) is 0 Å². The topological polar surface area (TPSA) is 32.8 Å². The van der Waals surface area contributed by atoms with Crippen molar-refractivity contribution in [2.75, 3.05) is 6.61 Å². The van der Waals surface area contributed by atoms with Gasteiger partial charge >= 0.3 is 0 Å². The maximum atomic E-state index is 8.63. The molecule has 0 aliphatic carbocycles. The monoisotopic (exact) mass is 196 g/mol. The highest BCUT2D eigenvalue weighted by Gasteiger charge is 2.36. The zero-order chi connectivity index (χ0) is 10.2. The first-order valence-corrected chi connectivity index (χ1v) is 5.63. The summed E-state index contributed by atoms with van der Waals surface area (Å²) in [5.74, 6) is 6.22. The van der Waals surface area contributed by atoms with E-state index < -0.39 is 0 Å². The molecule has 0 amide bonds. The zero-order valence-corrected chi connectivity index (χ0v) is 8.96. The normalized spacial score (nSPS) is 24.1. The molecule has 2 atom stereocenters. The largest absolute Gasteiger partial charge is 0.396 e. The summed E-state index contributed by atoms with van der Waals surface area (Å²) in [4.78, 5) is 0. The minimum atomic E-state index is 0.119. The maximum Gasteiger partial charge on any atom is 0.144 e. The van der Waals surface area contributed by atoms with Crippen molar-refractivity contribution in [3.05, 3.63) is 0 Å². The Balaban J connectivity index is 1.94. The molecule has 1 N–H and O–H groups in total. The molecule has 1 saturated heterocycles. The van der Waals surface area contributed by atoms with Gasteiger partial charge in [0.05, 0.1) is 6.10 Å². The Bertz CT molecular complexity index is 202. The van der Waals surface area contributed by atoms with Gasteiger partial charge in [0.2, 0.25) is 0 Å². The fourth-order valence-corrected chi connectivity index (χ4v) is 1.43. The van der Waals surface area contributed by atoms with Gasteiger partial charge in [-0.25, -0.2) is 0 Å². The minimum absolute atomic E-state index is 0.119. The number of epoxide rings is 1. The van der Waals surface area contributed by atoms with E-state index in [1.165, 1.54) is 25.7 Å². The molecule has 0 bridgehead atoms. The van der Waals surface area contributed by atoms with Crippen molar-refractivity contribution in [2.24, 2.45) is 0 Å². The summed E-state index contributed by atoms with van der Waals surface area (Å²) in [6.07, 6.45) is 7.14. The van der Waals surface area contributed by atoms with Crippen LogP contribution in [0.15, 0.2) is 0 Å². The second-order valence-corrected chi connectivity index (χ2v) is 3.74. The second kappa shape index (κ2) is 6.86. The van der Waals surface area contributed by atoms with E-state index in [0.717, 1.165) is 12.8 Å². The number of aliphatic hydroxyl groups excluding tert-OH is 1. The molecule has 0 aromatic heterocycles. The molecule has 0 spiro atoms. The average molecular weight is 196 g/mol. The van der Waals surface area contributed by atoms with Crippen molar-refractivity contribution in [2.45, 2.75) is 57.7 Å². The van der Waals surface area contributed by atoms with Crippen LogP contribution in [0.4, 0.5) is 0 Å². The van der Waals surface area contributed by atoms with Crippen molar-refractivity contribution in [3.8, 4) is 11.8 Å². The first-order valence-electron chi connectivity index (χ1n) is 5.63. The van der Waals surface area contributed by atoms with Crippen LogP contribution in [0, 0.1) is 11.8 Å². The fraction of sp³-hybridized carbons (Fsp3) is 0.833. The van der Waals surface area contributed by atoms with Gasteiger partial charge in [-0.1, -0.05) is 32.1 Å². The number of unbranched alkanes of at least 4 members (excludes halogenated alkanes) is 4. The van der Waals surface area contributed by atoms with Crippen LogP contribution in [-0.2, 0) is 4.74 Å². The summed E-state index contributed by atoms with van der Waals surface area (Å²) in [6.45, 7) is 2.42. The number of aliphatic hydroxyl groups is 1. The standard InChI is InChI=1S/C12H20O2/c1-2-3-4-5-6-7-8-11-12(14-11)9-10-13/h11-13H,2-6,9-10H2,1H3/t11-,12+/m1/s1. The van der Waals surface area contributed by atoms with Crippen molar-refractivity contribution >= 4 is 0 Å². The van der Waals surface area contributed by atoms with Gasteiger partial charge < -0.3 is 9.84 Å². The average Bonchev–Trinajstić information content (AvgIpc) is 2.91. The lowest BCUT2D eigenvalue weighted by molar-refractivity contribution is 0.263. The van der Waals surface area contributed by atoms with E-state index >= 15 is 0 Å². The molecular formula is C12H20O2. The minimum Gasteiger partial charge on any atom is -0.396 e. The first-order chi connectivity index (χ1) is 6.88. The maximum absolute atomic E-state index is 8.63. The molecule has 2 nitrogen and oxygen atoms in total. The molecule has 1 rings (SSSR count). The van der Waals surface area contributed by atoms with Crippen LogP contribution in [0.2, 0.25) is 0 Å². The molecule has 0 aromatic rings. The predicted octanol–water partition coefficient (Wildman–Crippen LogP) is 2.11. The Morgan fingerprint density at radius 1 is 1.29 bits per heavy atom. The fourth-order valence-electron chi connectivity index (χ4n) is 1.43. The van der Waals surface area contributed by atoms with Crippen LogP contribution < -0.4 is 0 Å². The molecule has 0 saturated carbocycles. The highest BCUT2D eigenvalue weighted by molar-refractivity contribution is 5.13. The first kappa shape index (κ1) is 11.6. The smallest absolute Gasteiger partial charge is 0.144 e. The molecule has 1 fully saturated rings. The van der Waals surface area contributed by atoms with Crippen molar-refractivity contribution < 1.29 is 9.84 Å². The Kier molecular flexibility index (Phi) is 5.66. The molecule has 0 radical (unpaired) electrons. The third-order valence-corrected chi connectivity index (χ3v) is 2.40. The van der Waals surface area contributed by atoms with Gasteiger partial charge in [-0.2, -0.15) is 0 Å². The van der Waals surface area contributed by atoms with Crippen LogP contribution in [0.1, 0.15) is 45.4 Å². The van der Waals surface area contributed by atoms with Crippen LogP contribution in [0.5, 0.6) is 0 Å². The van der Waals surface area contributed by atoms with Crippen LogP contribution >= 0.6 is 0 Å². The van der Waals surface area contributed by atoms with E-state index in [9.17, 15) is 0 Å². The summed E-state index contributed by atoms with van der Waals surface area (Å²) in [7, 11) is 0. The van der Waals surface area contributed by atoms with E-state index in [2.05, 4.69) is 18.8 Å². The van der Waals surface area contributed by atoms with Crippen LogP contribution in [-0.4, -0.2) is 23.9 Å². The van der Waals surface area contributed by atoms with Crippen LogP contribution in [0.25, 0.3) is 0 Å². The summed E-state index contributed by atoms with van der Waals surface area (Å²) in [6, 6.07) is 0. The van der Waals surface area contributed by atoms with Gasteiger partial charge in [-0.3, -0.25) is 0 Å². The summed E-state index contributed by atoms with van der Waals surface area (Å²) < 4.78 is 5.25. The number of hydrogen-bond acceptors (Lipinski definition) is 2. The van der Waals surface area contributed by atoms with Crippen molar-refractivity contribution in [3.63, 3.8) is 0 Å². The quantitative estimate of drug-likeness (QED) is 0.401. The van der Waals surface area contributed by atoms with Crippen molar-refractivity contribution in [1.82, 2.24) is 0 Å². The third-order valence-electron chi connectivity index (χ3n) is 2.40. The lowest BCUT2D eigenvalue weighted by Crippen LogP contribution is -1.94. The number of hydrogen-bond donors (Lipinski definition) is 1. The Morgan fingerprint density at radius 2 is 2.14 bits per heavy atom. The SMILES string of the molecule is CCCCCCC#C[C@H]1O[C@H]1CCO. The Hall–Kier alpha value is -0.520. The van der Waals surface area contributed by atoms with Gasteiger partial charge in [0.25, 0.3) is 0 Å². The molecule has 1 aliphatic rings. The van der Waals surface area contributed by atoms with Gasteiger partial charge in [0, 0.05) is 19.4 Å². The van der Waals surface area contributed by atoms with Gasteiger partial charge in [0.1, 0.15) is 6.10 Å². The Morgan fingerprint density at radius 3 is 2.86 bits per heavy atom. The zero-order valence-electron chi connectivity index (χ0n) is 8.96. The molecule has 2 heteroatoms. The van der Waals surface area contributed by atoms with E-state index in [1.807, 2.05) is 0 Å². The molecule has 80 valence electrons. The third kappa shape index (κ3) is 4.64. The second-order valence-electron chi connectivity index (χ2n) is 3.74. The summed E-state index contributed by atoms with van der Waals surface area (Å²) >= 11 is 0. The van der Waals surface area contributed by atoms with Gasteiger partial charge in [0.15, 0.2) is 0 Å². The molecule has 14 heavy (non-hydrogen) atoms. The molecule has 1 heterocycles. The Labute approximate surface area is 86.7 Å². The highest BCUT2D eigenvalue weighted by Crippen LogP contribution is 2.23. The lowest BCUT2D eigenvalue weighted by atomic mass is 10.1. The van der Waals surface area contributed by atoms with Crippen LogP contribution in [0.3, 0.4) is 0 Å². The number of rotatable bonds is 6. The molecule has 0 unspecified atom stereocenters. The molecule has 1 aliphatic heterocycles. The molecule has 0 aromatic carbocycles.